The van der Waals surface area contributed by atoms with Crippen molar-refractivity contribution in [3.8, 4) is 17.2 Å². The van der Waals surface area contributed by atoms with Gasteiger partial charge >= 0.3 is 5.69 Å². The van der Waals surface area contributed by atoms with E-state index in [1.807, 2.05) is 13.8 Å². The summed E-state index contributed by atoms with van der Waals surface area (Å²) in [6, 6.07) is 1.29. The number of carbonyl (C=O) groups is 1. The third kappa shape index (κ3) is 4.82. The van der Waals surface area contributed by atoms with Gasteiger partial charge in [-0.25, -0.2) is 0 Å². The van der Waals surface area contributed by atoms with Crippen molar-refractivity contribution in [1.29, 1.82) is 0 Å². The lowest BCUT2D eigenvalue weighted by Gasteiger charge is -2.35. The summed E-state index contributed by atoms with van der Waals surface area (Å²) in [6.45, 7) is 6.49. The standard InChI is InChI=1S/C18H27N3O7/c1-11-9-20(10-12(2)28-11)7-6-19-18(22)13-8-14(25-3)16(26-4)17(27-5)15(13)21(23)24/h8,11-12H,6-7,9-10H2,1-5H3,(H,19,22). The van der Waals surface area contributed by atoms with Gasteiger partial charge < -0.3 is 24.3 Å². The number of rotatable bonds is 8. The fourth-order valence-electron chi connectivity index (χ4n) is 3.39. The number of methoxy groups -OCH3 is 3. The molecule has 0 radical (unpaired) electrons. The number of nitro benzene ring substituents is 1. The van der Waals surface area contributed by atoms with Gasteiger partial charge in [0.1, 0.15) is 5.56 Å². The van der Waals surface area contributed by atoms with Gasteiger partial charge in [-0.1, -0.05) is 0 Å². The van der Waals surface area contributed by atoms with Crippen LogP contribution in [-0.4, -0.2) is 75.4 Å². The highest BCUT2D eigenvalue weighted by Crippen LogP contribution is 2.46. The average Bonchev–Trinajstić information content (AvgIpc) is 2.64. The van der Waals surface area contributed by atoms with E-state index >= 15 is 0 Å². The SMILES string of the molecule is COc1cc(C(=O)NCCN2CC(C)OC(C)C2)c([N+](=O)[O-])c(OC)c1OC. The molecular formula is C18H27N3O7. The molecule has 0 bridgehead atoms. The number of benzene rings is 1. The van der Waals surface area contributed by atoms with Gasteiger partial charge in [-0.3, -0.25) is 19.8 Å². The van der Waals surface area contributed by atoms with Crippen molar-refractivity contribution in [1.82, 2.24) is 10.2 Å². The number of nitrogens with zero attached hydrogens (tertiary/aromatic N) is 2. The lowest BCUT2D eigenvalue weighted by molar-refractivity contribution is -0.386. The number of morpholine rings is 1. The minimum Gasteiger partial charge on any atom is -0.493 e. The summed E-state index contributed by atoms with van der Waals surface area (Å²) in [4.78, 5) is 25.8. The summed E-state index contributed by atoms with van der Waals surface area (Å²) in [6.07, 6.45) is 0.242. The molecule has 10 nitrogen and oxygen atoms in total. The summed E-state index contributed by atoms with van der Waals surface area (Å²) >= 11 is 0. The predicted octanol–water partition coefficient (Wildman–Crippen LogP) is 1.46. The monoisotopic (exact) mass is 397 g/mol. The van der Waals surface area contributed by atoms with Crippen molar-refractivity contribution >= 4 is 11.6 Å². The van der Waals surface area contributed by atoms with Gasteiger partial charge in [0.25, 0.3) is 5.91 Å². The summed E-state index contributed by atoms with van der Waals surface area (Å²) in [5.41, 5.74) is -0.616. The van der Waals surface area contributed by atoms with E-state index in [0.717, 1.165) is 13.1 Å². The van der Waals surface area contributed by atoms with Crippen molar-refractivity contribution in [2.75, 3.05) is 47.5 Å². The minimum absolute atomic E-state index is 0.0598. The fraction of sp³-hybridized carbons (Fsp3) is 0.611. The number of carbonyl (C=O) groups excluding carboxylic acids is 1. The molecule has 1 N–H and O–H groups in total. The van der Waals surface area contributed by atoms with Gasteiger partial charge in [-0.05, 0) is 13.8 Å². The number of hydrogen-bond donors (Lipinski definition) is 1. The first kappa shape index (κ1) is 21.7. The van der Waals surface area contributed by atoms with Crippen molar-refractivity contribution in [3.63, 3.8) is 0 Å². The minimum atomic E-state index is -0.666. The van der Waals surface area contributed by atoms with Crippen molar-refractivity contribution < 1.29 is 28.7 Å². The highest BCUT2D eigenvalue weighted by atomic mass is 16.6. The Labute approximate surface area is 163 Å². The molecule has 1 saturated heterocycles. The topological polar surface area (TPSA) is 112 Å². The summed E-state index contributed by atoms with van der Waals surface area (Å²) in [7, 11) is 3.99. The quantitative estimate of drug-likeness (QED) is 0.518. The Morgan fingerprint density at radius 1 is 1.21 bits per heavy atom. The first-order valence-electron chi connectivity index (χ1n) is 8.95. The summed E-state index contributed by atoms with van der Waals surface area (Å²) < 4.78 is 21.2. The van der Waals surface area contributed by atoms with E-state index in [1.54, 1.807) is 0 Å². The fourth-order valence-corrected chi connectivity index (χ4v) is 3.39. The molecule has 2 atom stereocenters. The summed E-state index contributed by atoms with van der Waals surface area (Å²) in [5, 5.41) is 14.3. The van der Waals surface area contributed by atoms with Crippen molar-refractivity contribution in [2.24, 2.45) is 0 Å². The zero-order chi connectivity index (χ0) is 20.8. The third-order valence-corrected chi connectivity index (χ3v) is 4.44. The van der Waals surface area contributed by atoms with Crippen LogP contribution < -0.4 is 19.5 Å². The van der Waals surface area contributed by atoms with E-state index in [-0.39, 0.29) is 35.0 Å². The Bertz CT molecular complexity index is 716. The summed E-state index contributed by atoms with van der Waals surface area (Å²) in [5.74, 6) is -0.511. The molecule has 0 saturated carbocycles. The predicted molar refractivity (Wildman–Crippen MR) is 102 cm³/mol. The maximum Gasteiger partial charge on any atom is 0.327 e. The molecular weight excluding hydrogens is 370 g/mol. The maximum atomic E-state index is 12.7. The van der Waals surface area contributed by atoms with Crippen LogP contribution in [0.2, 0.25) is 0 Å². The van der Waals surface area contributed by atoms with E-state index in [9.17, 15) is 14.9 Å². The molecule has 0 aromatic heterocycles. The Kier molecular flexibility index (Phi) is 7.41. The van der Waals surface area contributed by atoms with Gasteiger partial charge in [0, 0.05) is 32.2 Å². The second-order valence-electron chi connectivity index (χ2n) is 6.57. The molecule has 0 aliphatic carbocycles. The van der Waals surface area contributed by atoms with Gasteiger partial charge in [0.2, 0.25) is 11.5 Å². The average molecular weight is 397 g/mol. The van der Waals surface area contributed by atoms with Crippen LogP contribution in [0.3, 0.4) is 0 Å². The molecule has 1 amide bonds. The van der Waals surface area contributed by atoms with E-state index in [1.165, 1.54) is 27.4 Å². The maximum absolute atomic E-state index is 12.7. The molecule has 1 aromatic rings. The van der Waals surface area contributed by atoms with Crippen LogP contribution in [0.1, 0.15) is 24.2 Å². The number of nitrogens with one attached hydrogen (secondary N) is 1. The highest BCUT2D eigenvalue weighted by molar-refractivity contribution is 6.00. The van der Waals surface area contributed by atoms with Gasteiger partial charge in [-0.2, -0.15) is 0 Å². The molecule has 156 valence electrons. The van der Waals surface area contributed by atoms with E-state index in [2.05, 4.69) is 10.2 Å². The smallest absolute Gasteiger partial charge is 0.327 e. The zero-order valence-electron chi connectivity index (χ0n) is 16.8. The highest BCUT2D eigenvalue weighted by Gasteiger charge is 2.32. The van der Waals surface area contributed by atoms with Crippen molar-refractivity contribution in [3.05, 3.63) is 21.7 Å². The molecule has 0 spiro atoms. The first-order valence-corrected chi connectivity index (χ1v) is 8.95. The third-order valence-electron chi connectivity index (χ3n) is 4.44. The van der Waals surface area contributed by atoms with Gasteiger partial charge in [-0.15, -0.1) is 0 Å². The zero-order valence-corrected chi connectivity index (χ0v) is 16.8. The number of ether oxygens (including phenoxy) is 4. The van der Waals surface area contributed by atoms with Crippen LogP contribution >= 0.6 is 0 Å². The molecule has 1 heterocycles. The molecule has 10 heteroatoms. The molecule has 2 unspecified atom stereocenters. The van der Waals surface area contributed by atoms with E-state index in [0.29, 0.717) is 13.1 Å². The van der Waals surface area contributed by atoms with Crippen LogP contribution in [-0.2, 0) is 4.74 Å². The second kappa shape index (κ2) is 9.56. The molecule has 2 rings (SSSR count). The molecule has 1 aliphatic rings. The first-order chi connectivity index (χ1) is 13.3. The molecule has 1 fully saturated rings. The lowest BCUT2D eigenvalue weighted by Crippen LogP contribution is -2.47. The largest absolute Gasteiger partial charge is 0.493 e. The number of nitro groups is 1. The van der Waals surface area contributed by atoms with Crippen molar-refractivity contribution in [2.45, 2.75) is 26.1 Å². The molecule has 1 aliphatic heterocycles. The Balaban J connectivity index is 2.18. The van der Waals surface area contributed by atoms with E-state index < -0.39 is 16.5 Å². The Morgan fingerprint density at radius 2 is 1.82 bits per heavy atom. The van der Waals surface area contributed by atoms with Crippen LogP contribution in [0.15, 0.2) is 6.07 Å². The van der Waals surface area contributed by atoms with Crippen LogP contribution in [0.5, 0.6) is 17.2 Å². The lowest BCUT2D eigenvalue weighted by atomic mass is 10.1. The van der Waals surface area contributed by atoms with Crippen LogP contribution in [0.4, 0.5) is 5.69 Å². The Morgan fingerprint density at radius 3 is 2.32 bits per heavy atom. The van der Waals surface area contributed by atoms with Crippen LogP contribution in [0, 0.1) is 10.1 Å². The normalized spacial score (nSPS) is 19.8. The molecule has 28 heavy (non-hydrogen) atoms. The number of amides is 1. The van der Waals surface area contributed by atoms with Gasteiger partial charge in [0.05, 0.1) is 38.5 Å². The number of hydrogen-bond acceptors (Lipinski definition) is 8. The Hall–Kier alpha value is -2.59. The van der Waals surface area contributed by atoms with Crippen LogP contribution in [0.25, 0.3) is 0 Å². The second-order valence-corrected chi connectivity index (χ2v) is 6.57. The molecule has 1 aromatic carbocycles. The van der Waals surface area contributed by atoms with Gasteiger partial charge in [0.15, 0.2) is 5.75 Å². The van der Waals surface area contributed by atoms with E-state index in [4.69, 9.17) is 18.9 Å².